The molecular weight excluding hydrogens is 400 g/mol. The highest BCUT2D eigenvalue weighted by atomic mass is 32.1. The fourth-order valence-electron chi connectivity index (χ4n) is 2.95. The number of aromatic carboxylic acids is 1. The van der Waals surface area contributed by atoms with Crippen molar-refractivity contribution in [1.29, 1.82) is 0 Å². The van der Waals surface area contributed by atoms with Crippen LogP contribution in [0.15, 0.2) is 66.0 Å². The van der Waals surface area contributed by atoms with E-state index in [1.165, 1.54) is 17.4 Å². The number of unbranched alkanes of at least 4 members (excludes halogenated alkanes) is 1. The first-order chi connectivity index (χ1) is 14.5. The lowest BCUT2D eigenvalue weighted by molar-refractivity contribution is -0.118. The van der Waals surface area contributed by atoms with Crippen molar-refractivity contribution in [3.05, 3.63) is 71.6 Å². The van der Waals surface area contributed by atoms with Gasteiger partial charge in [0.05, 0.1) is 16.3 Å². The lowest BCUT2D eigenvalue weighted by Crippen LogP contribution is -2.15. The van der Waals surface area contributed by atoms with Crippen molar-refractivity contribution in [3.63, 3.8) is 0 Å². The molecule has 154 valence electrons. The summed E-state index contributed by atoms with van der Waals surface area (Å²) in [4.78, 5) is 35.4. The van der Waals surface area contributed by atoms with Gasteiger partial charge in [0, 0.05) is 18.2 Å². The minimum Gasteiger partial charge on any atom is -0.478 e. The summed E-state index contributed by atoms with van der Waals surface area (Å²) in [6, 6.07) is 18.2. The molecule has 30 heavy (non-hydrogen) atoms. The van der Waals surface area contributed by atoms with Crippen LogP contribution in [0.2, 0.25) is 0 Å². The third-order valence-electron chi connectivity index (χ3n) is 4.46. The average Bonchev–Trinajstić information content (AvgIpc) is 3.20. The zero-order chi connectivity index (χ0) is 21.3. The van der Waals surface area contributed by atoms with Crippen molar-refractivity contribution in [2.75, 3.05) is 10.6 Å². The molecule has 0 saturated heterocycles. The van der Waals surface area contributed by atoms with Crippen molar-refractivity contribution < 1.29 is 19.5 Å². The molecule has 3 N–H and O–H groups in total. The molecule has 3 rings (SSSR count). The van der Waals surface area contributed by atoms with E-state index in [-0.39, 0.29) is 29.5 Å². The normalized spacial score (nSPS) is 10.4. The monoisotopic (exact) mass is 422 g/mol. The Kier molecular flexibility index (Phi) is 7.34. The van der Waals surface area contributed by atoms with Gasteiger partial charge in [-0.3, -0.25) is 9.59 Å². The van der Waals surface area contributed by atoms with Crippen LogP contribution in [-0.4, -0.2) is 22.9 Å². The topological polar surface area (TPSA) is 95.5 Å². The highest BCUT2D eigenvalue weighted by Crippen LogP contribution is 2.29. The van der Waals surface area contributed by atoms with E-state index < -0.39 is 5.97 Å². The van der Waals surface area contributed by atoms with Gasteiger partial charge in [-0.2, -0.15) is 0 Å². The lowest BCUT2D eigenvalue weighted by atomic mass is 10.1. The average molecular weight is 423 g/mol. The lowest BCUT2D eigenvalue weighted by Gasteiger charge is -2.08. The third kappa shape index (κ3) is 6.02. The Labute approximate surface area is 178 Å². The third-order valence-corrected chi connectivity index (χ3v) is 5.30. The van der Waals surface area contributed by atoms with Crippen LogP contribution in [0.5, 0.6) is 0 Å². The number of hydrogen-bond donors (Lipinski definition) is 3. The Morgan fingerprint density at radius 3 is 2.13 bits per heavy atom. The van der Waals surface area contributed by atoms with Gasteiger partial charge in [-0.1, -0.05) is 42.5 Å². The molecule has 7 heteroatoms. The predicted molar refractivity (Wildman–Crippen MR) is 119 cm³/mol. The van der Waals surface area contributed by atoms with Gasteiger partial charge in [0.15, 0.2) is 0 Å². The molecule has 0 aliphatic rings. The van der Waals surface area contributed by atoms with Gasteiger partial charge in [0.25, 0.3) is 0 Å². The van der Waals surface area contributed by atoms with Crippen LogP contribution < -0.4 is 10.6 Å². The molecule has 0 radical (unpaired) electrons. The molecule has 3 aromatic rings. The molecule has 0 atom stereocenters. The van der Waals surface area contributed by atoms with Crippen LogP contribution in [0.3, 0.4) is 0 Å². The largest absolute Gasteiger partial charge is 0.478 e. The highest BCUT2D eigenvalue weighted by molar-refractivity contribution is 7.14. The van der Waals surface area contributed by atoms with E-state index in [1.807, 2.05) is 41.8 Å². The summed E-state index contributed by atoms with van der Waals surface area (Å²) in [6.45, 7) is 0. The van der Waals surface area contributed by atoms with Crippen molar-refractivity contribution in [2.45, 2.75) is 25.7 Å². The van der Waals surface area contributed by atoms with Crippen LogP contribution in [0, 0.1) is 0 Å². The van der Waals surface area contributed by atoms with Crippen molar-refractivity contribution in [3.8, 4) is 11.1 Å². The summed E-state index contributed by atoms with van der Waals surface area (Å²) in [5.41, 5.74) is 2.50. The van der Waals surface area contributed by atoms with Crippen LogP contribution in [-0.2, 0) is 9.59 Å². The molecule has 0 fully saturated rings. The number of carbonyl (C=O) groups is 3. The van der Waals surface area contributed by atoms with Gasteiger partial charge < -0.3 is 15.7 Å². The molecule has 0 aliphatic carbocycles. The number of benzene rings is 2. The van der Waals surface area contributed by atoms with E-state index in [1.54, 1.807) is 18.2 Å². The molecule has 6 nitrogen and oxygen atoms in total. The summed E-state index contributed by atoms with van der Waals surface area (Å²) < 4.78 is 0. The van der Waals surface area contributed by atoms with E-state index in [0.29, 0.717) is 19.3 Å². The molecule has 1 aromatic heterocycles. The number of carboxylic acid groups (broad SMARTS) is 1. The number of anilines is 2. The molecule has 0 bridgehead atoms. The molecule has 2 aromatic carbocycles. The van der Waals surface area contributed by atoms with E-state index in [0.717, 1.165) is 16.1 Å². The summed E-state index contributed by atoms with van der Waals surface area (Å²) in [6.07, 6.45) is 1.64. The highest BCUT2D eigenvalue weighted by Gasteiger charge is 2.12. The molecule has 2 amide bonds. The minimum atomic E-state index is -1.09. The number of rotatable bonds is 9. The van der Waals surface area contributed by atoms with E-state index in [9.17, 15) is 14.4 Å². The fourth-order valence-corrected chi connectivity index (χ4v) is 3.77. The zero-order valence-corrected chi connectivity index (χ0v) is 17.1. The predicted octanol–water partition coefficient (Wildman–Crippen LogP) is 5.25. The second-order valence-corrected chi connectivity index (χ2v) is 7.63. The van der Waals surface area contributed by atoms with Gasteiger partial charge in [0.2, 0.25) is 11.8 Å². The van der Waals surface area contributed by atoms with Gasteiger partial charge in [-0.15, -0.1) is 11.3 Å². The van der Waals surface area contributed by atoms with Crippen LogP contribution >= 0.6 is 11.3 Å². The van der Waals surface area contributed by atoms with Gasteiger partial charge >= 0.3 is 5.97 Å². The maximum absolute atomic E-state index is 12.1. The first-order valence-electron chi connectivity index (χ1n) is 9.59. The molecule has 1 heterocycles. The Hall–Kier alpha value is -3.45. The van der Waals surface area contributed by atoms with Crippen LogP contribution in [0.4, 0.5) is 10.7 Å². The standard InChI is InChI=1S/C23H22N2O4S/c26-20(24-19-11-5-4-10-18(19)23(28)29)12-6-7-13-21(27)25-22-14-17(15-30-22)16-8-2-1-3-9-16/h1-5,8-11,14-15H,6-7,12-13H2,(H,24,26)(H,25,27)(H,28,29). The number of carboxylic acids is 1. The molecule has 0 unspecified atom stereocenters. The summed E-state index contributed by atoms with van der Waals surface area (Å²) in [5.74, 6) is -1.45. The quantitative estimate of drug-likeness (QED) is 0.410. The number of carbonyl (C=O) groups excluding carboxylic acids is 2. The van der Waals surface area contributed by atoms with E-state index >= 15 is 0 Å². The maximum atomic E-state index is 12.1. The summed E-state index contributed by atoms with van der Waals surface area (Å²) in [7, 11) is 0. The number of amides is 2. The smallest absolute Gasteiger partial charge is 0.337 e. The van der Waals surface area contributed by atoms with Crippen LogP contribution in [0.1, 0.15) is 36.0 Å². The summed E-state index contributed by atoms with van der Waals surface area (Å²) >= 11 is 1.48. The van der Waals surface area contributed by atoms with Crippen LogP contribution in [0.25, 0.3) is 11.1 Å². The van der Waals surface area contributed by atoms with Gasteiger partial charge in [0.1, 0.15) is 0 Å². The SMILES string of the molecule is O=C(CCCCC(=O)Nc1ccccc1C(=O)O)Nc1cc(-c2ccccc2)cs1. The van der Waals surface area contributed by atoms with Crippen molar-refractivity contribution in [2.24, 2.45) is 0 Å². The van der Waals surface area contributed by atoms with Gasteiger partial charge in [-0.25, -0.2) is 4.79 Å². The Morgan fingerprint density at radius 1 is 0.800 bits per heavy atom. The van der Waals surface area contributed by atoms with Crippen molar-refractivity contribution in [1.82, 2.24) is 0 Å². The first-order valence-corrected chi connectivity index (χ1v) is 10.5. The fraction of sp³-hybridized carbons (Fsp3) is 0.174. The Morgan fingerprint density at radius 2 is 1.43 bits per heavy atom. The number of para-hydroxylation sites is 1. The van der Waals surface area contributed by atoms with E-state index in [2.05, 4.69) is 10.6 Å². The number of thiophene rings is 1. The first kappa shape index (κ1) is 21.3. The molecular formula is C23H22N2O4S. The maximum Gasteiger partial charge on any atom is 0.337 e. The number of hydrogen-bond acceptors (Lipinski definition) is 4. The number of nitrogens with one attached hydrogen (secondary N) is 2. The minimum absolute atomic E-state index is 0.0519. The molecule has 0 spiro atoms. The Bertz CT molecular complexity index is 1030. The summed E-state index contributed by atoms with van der Waals surface area (Å²) in [5, 5.41) is 17.5. The van der Waals surface area contributed by atoms with Crippen molar-refractivity contribution >= 4 is 39.8 Å². The molecule has 0 saturated carbocycles. The Balaban J connectivity index is 1.39. The van der Waals surface area contributed by atoms with Gasteiger partial charge in [-0.05, 0) is 42.2 Å². The zero-order valence-electron chi connectivity index (χ0n) is 16.3. The van der Waals surface area contributed by atoms with E-state index in [4.69, 9.17) is 5.11 Å². The second-order valence-electron chi connectivity index (χ2n) is 6.72. The molecule has 0 aliphatic heterocycles. The second kappa shape index (κ2) is 10.4.